The summed E-state index contributed by atoms with van der Waals surface area (Å²) >= 11 is 0. The first-order valence-corrected chi connectivity index (χ1v) is 6.48. The molecular formula is C15H16N4. The number of hydrogen-bond donors (Lipinski definition) is 1. The van der Waals surface area contributed by atoms with Crippen LogP contribution in [0.5, 0.6) is 0 Å². The van der Waals surface area contributed by atoms with Crippen LogP contribution < -0.4 is 5.32 Å². The van der Waals surface area contributed by atoms with Crippen LogP contribution in [0.15, 0.2) is 54.9 Å². The van der Waals surface area contributed by atoms with E-state index in [1.165, 1.54) is 10.8 Å². The summed E-state index contributed by atoms with van der Waals surface area (Å²) in [6.07, 6.45) is 4.61. The van der Waals surface area contributed by atoms with Crippen molar-refractivity contribution in [1.82, 2.24) is 15.0 Å². The molecule has 3 rings (SSSR count). The van der Waals surface area contributed by atoms with E-state index in [9.17, 15) is 0 Å². The molecular weight excluding hydrogens is 236 g/mol. The van der Waals surface area contributed by atoms with Gasteiger partial charge in [0.15, 0.2) is 0 Å². The maximum absolute atomic E-state index is 3.94. The molecule has 1 N–H and O–H groups in total. The Labute approximate surface area is 112 Å². The number of anilines is 1. The Morgan fingerprint density at radius 2 is 1.95 bits per heavy atom. The van der Waals surface area contributed by atoms with Crippen LogP contribution in [0.2, 0.25) is 0 Å². The summed E-state index contributed by atoms with van der Waals surface area (Å²) in [4.78, 5) is 0. The van der Waals surface area contributed by atoms with E-state index >= 15 is 0 Å². The summed E-state index contributed by atoms with van der Waals surface area (Å²) in [6.45, 7) is 1.82. The van der Waals surface area contributed by atoms with Crippen LogP contribution in [-0.4, -0.2) is 21.5 Å². The Hall–Kier alpha value is -2.36. The molecule has 0 bridgehead atoms. The van der Waals surface area contributed by atoms with Crippen LogP contribution in [0.1, 0.15) is 6.42 Å². The molecule has 4 heteroatoms. The molecule has 0 saturated heterocycles. The lowest BCUT2D eigenvalue weighted by Crippen LogP contribution is -2.07. The lowest BCUT2D eigenvalue weighted by molar-refractivity contribution is 0.570. The van der Waals surface area contributed by atoms with Crippen molar-refractivity contribution in [3.63, 3.8) is 0 Å². The van der Waals surface area contributed by atoms with Gasteiger partial charge in [0.25, 0.3) is 0 Å². The molecule has 0 atom stereocenters. The van der Waals surface area contributed by atoms with Crippen molar-refractivity contribution >= 4 is 16.5 Å². The van der Waals surface area contributed by atoms with Crippen molar-refractivity contribution in [2.75, 3.05) is 11.9 Å². The molecule has 0 aliphatic heterocycles. The third kappa shape index (κ3) is 2.91. The molecule has 4 nitrogen and oxygen atoms in total. The molecule has 3 aromatic rings. The van der Waals surface area contributed by atoms with Gasteiger partial charge in [-0.15, -0.1) is 5.10 Å². The molecule has 0 fully saturated rings. The normalized spacial score (nSPS) is 10.7. The van der Waals surface area contributed by atoms with Gasteiger partial charge in [0, 0.05) is 25.0 Å². The van der Waals surface area contributed by atoms with Crippen LogP contribution in [-0.2, 0) is 6.54 Å². The zero-order chi connectivity index (χ0) is 12.9. The maximum atomic E-state index is 3.94. The highest BCUT2D eigenvalue weighted by molar-refractivity contribution is 5.85. The minimum atomic E-state index is 0.889. The predicted octanol–water partition coefficient (Wildman–Crippen LogP) is 2.93. The first-order valence-electron chi connectivity index (χ1n) is 6.48. The van der Waals surface area contributed by atoms with Gasteiger partial charge < -0.3 is 5.32 Å². The molecule has 96 valence electrons. The first-order chi connectivity index (χ1) is 9.42. The summed E-state index contributed by atoms with van der Waals surface area (Å²) in [6, 6.07) is 14.8. The number of nitrogens with one attached hydrogen (secondary N) is 1. The molecule has 0 saturated carbocycles. The van der Waals surface area contributed by atoms with E-state index in [0.717, 1.165) is 25.2 Å². The Balaban J connectivity index is 1.56. The molecule has 1 aromatic heterocycles. The van der Waals surface area contributed by atoms with Crippen molar-refractivity contribution in [3.05, 3.63) is 54.9 Å². The fraction of sp³-hybridized carbons (Fsp3) is 0.200. The van der Waals surface area contributed by atoms with Crippen molar-refractivity contribution in [1.29, 1.82) is 0 Å². The highest BCUT2D eigenvalue weighted by Crippen LogP contribution is 2.18. The topological polar surface area (TPSA) is 42.7 Å². The van der Waals surface area contributed by atoms with Gasteiger partial charge in [-0.2, -0.15) is 0 Å². The molecule has 1 heterocycles. The van der Waals surface area contributed by atoms with E-state index in [2.05, 4.69) is 58.1 Å². The van der Waals surface area contributed by atoms with Crippen LogP contribution in [0.3, 0.4) is 0 Å². The summed E-state index contributed by atoms with van der Waals surface area (Å²) < 4.78 is 1.85. The van der Waals surface area contributed by atoms with E-state index in [1.807, 2.05) is 10.9 Å². The Bertz CT molecular complexity index is 646. The molecule has 0 unspecified atom stereocenters. The van der Waals surface area contributed by atoms with E-state index in [1.54, 1.807) is 6.20 Å². The average Bonchev–Trinajstić information content (AvgIpc) is 2.97. The second-order valence-electron chi connectivity index (χ2n) is 4.51. The lowest BCUT2D eigenvalue weighted by Gasteiger charge is -2.07. The maximum Gasteiger partial charge on any atom is 0.0692 e. The monoisotopic (exact) mass is 252 g/mol. The largest absolute Gasteiger partial charge is 0.385 e. The van der Waals surface area contributed by atoms with Crippen LogP contribution in [0.25, 0.3) is 10.8 Å². The zero-order valence-electron chi connectivity index (χ0n) is 10.7. The molecule has 19 heavy (non-hydrogen) atoms. The molecule has 0 radical (unpaired) electrons. The van der Waals surface area contributed by atoms with Crippen molar-refractivity contribution in [2.24, 2.45) is 0 Å². The molecule has 0 amide bonds. The fourth-order valence-electron chi connectivity index (χ4n) is 2.13. The number of nitrogens with zero attached hydrogens (tertiary/aromatic N) is 3. The van der Waals surface area contributed by atoms with Gasteiger partial charge in [-0.25, -0.2) is 0 Å². The minimum absolute atomic E-state index is 0.889. The van der Waals surface area contributed by atoms with E-state index < -0.39 is 0 Å². The number of rotatable bonds is 5. The molecule has 2 aromatic carbocycles. The van der Waals surface area contributed by atoms with Gasteiger partial charge in [-0.3, -0.25) is 4.68 Å². The predicted molar refractivity (Wildman–Crippen MR) is 77.1 cm³/mol. The van der Waals surface area contributed by atoms with Gasteiger partial charge in [0.1, 0.15) is 0 Å². The standard InChI is InChI=1S/C15H16N4/c1-2-5-14-12-15(7-6-13(14)4-1)16-8-3-10-19-11-9-17-18-19/h1-2,4-7,9,11-12,16H,3,8,10H2. The highest BCUT2D eigenvalue weighted by Gasteiger charge is 1.96. The van der Waals surface area contributed by atoms with E-state index in [-0.39, 0.29) is 0 Å². The smallest absolute Gasteiger partial charge is 0.0692 e. The van der Waals surface area contributed by atoms with Crippen molar-refractivity contribution < 1.29 is 0 Å². The number of aryl methyl sites for hydroxylation is 1. The summed E-state index contributed by atoms with van der Waals surface area (Å²) in [5.74, 6) is 0. The average molecular weight is 252 g/mol. The van der Waals surface area contributed by atoms with Gasteiger partial charge in [-0.1, -0.05) is 35.5 Å². The highest BCUT2D eigenvalue weighted by atomic mass is 15.4. The van der Waals surface area contributed by atoms with Gasteiger partial charge in [-0.05, 0) is 29.3 Å². The SMILES string of the molecule is c1ccc2cc(NCCCn3ccnn3)ccc2c1. The fourth-order valence-corrected chi connectivity index (χ4v) is 2.13. The number of fused-ring (bicyclic) bond motifs is 1. The van der Waals surface area contributed by atoms with Gasteiger partial charge in [0.2, 0.25) is 0 Å². The Morgan fingerprint density at radius 1 is 1.05 bits per heavy atom. The van der Waals surface area contributed by atoms with E-state index in [4.69, 9.17) is 0 Å². The summed E-state index contributed by atoms with van der Waals surface area (Å²) in [5.41, 5.74) is 1.16. The van der Waals surface area contributed by atoms with Gasteiger partial charge in [0.05, 0.1) is 6.20 Å². The second kappa shape index (κ2) is 5.52. The van der Waals surface area contributed by atoms with Crippen LogP contribution in [0.4, 0.5) is 5.69 Å². The second-order valence-corrected chi connectivity index (χ2v) is 4.51. The third-order valence-corrected chi connectivity index (χ3v) is 3.11. The molecule has 0 aliphatic rings. The Morgan fingerprint density at radius 3 is 2.79 bits per heavy atom. The van der Waals surface area contributed by atoms with Crippen LogP contribution >= 0.6 is 0 Å². The summed E-state index contributed by atoms with van der Waals surface area (Å²) in [7, 11) is 0. The summed E-state index contributed by atoms with van der Waals surface area (Å²) in [5, 5.41) is 13.7. The van der Waals surface area contributed by atoms with E-state index in [0.29, 0.717) is 0 Å². The molecule has 0 spiro atoms. The minimum Gasteiger partial charge on any atom is -0.385 e. The number of hydrogen-bond acceptors (Lipinski definition) is 3. The van der Waals surface area contributed by atoms with Crippen molar-refractivity contribution in [3.8, 4) is 0 Å². The number of aromatic nitrogens is 3. The quantitative estimate of drug-likeness (QED) is 0.710. The zero-order valence-corrected chi connectivity index (χ0v) is 10.7. The third-order valence-electron chi connectivity index (χ3n) is 3.11. The van der Waals surface area contributed by atoms with Crippen molar-refractivity contribution in [2.45, 2.75) is 13.0 Å². The van der Waals surface area contributed by atoms with Gasteiger partial charge >= 0.3 is 0 Å². The molecule has 0 aliphatic carbocycles. The lowest BCUT2D eigenvalue weighted by atomic mass is 10.1. The number of benzene rings is 2. The van der Waals surface area contributed by atoms with Crippen LogP contribution in [0, 0.1) is 0 Å². The Kier molecular flexibility index (Phi) is 3.40. The first kappa shape index (κ1) is 11.7.